The van der Waals surface area contributed by atoms with Gasteiger partial charge in [-0.3, -0.25) is 0 Å². The third-order valence-electron chi connectivity index (χ3n) is 2.18. The molecule has 1 saturated carbocycles. The van der Waals surface area contributed by atoms with Gasteiger partial charge in [-0.15, -0.1) is 11.6 Å². The van der Waals surface area contributed by atoms with E-state index in [1.54, 1.807) is 0 Å². The monoisotopic (exact) mass is 175 g/mol. The second-order valence-electron chi connectivity index (χ2n) is 3.78. The standard InChI is InChI=1S/C9H18ClN/c1-8(10)7-11(2)6-5-9-3-4-9/h8-9H,3-7H2,1-2H3. The molecular formula is C9H18ClN. The van der Waals surface area contributed by atoms with Gasteiger partial charge in [-0.25, -0.2) is 0 Å². The molecule has 1 rings (SSSR count). The maximum absolute atomic E-state index is 5.86. The minimum Gasteiger partial charge on any atom is -0.305 e. The maximum Gasteiger partial charge on any atom is 0.0434 e. The summed E-state index contributed by atoms with van der Waals surface area (Å²) in [5.41, 5.74) is 0. The van der Waals surface area contributed by atoms with E-state index in [9.17, 15) is 0 Å². The molecule has 0 amide bonds. The summed E-state index contributed by atoms with van der Waals surface area (Å²) in [4.78, 5) is 2.33. The number of nitrogens with zero attached hydrogens (tertiary/aromatic N) is 1. The maximum atomic E-state index is 5.86. The van der Waals surface area contributed by atoms with Crippen LogP contribution in [-0.4, -0.2) is 30.4 Å². The molecule has 1 fully saturated rings. The first-order valence-corrected chi connectivity index (χ1v) is 4.94. The van der Waals surface area contributed by atoms with Crippen LogP contribution in [-0.2, 0) is 0 Å². The Morgan fingerprint density at radius 3 is 2.64 bits per heavy atom. The molecule has 0 spiro atoms. The minimum atomic E-state index is 0.291. The van der Waals surface area contributed by atoms with Gasteiger partial charge in [0.2, 0.25) is 0 Å². The van der Waals surface area contributed by atoms with Crippen LogP contribution >= 0.6 is 11.6 Å². The summed E-state index contributed by atoms with van der Waals surface area (Å²) in [7, 11) is 2.15. The molecule has 1 atom stereocenters. The van der Waals surface area contributed by atoms with Crippen molar-refractivity contribution in [2.24, 2.45) is 5.92 Å². The topological polar surface area (TPSA) is 3.24 Å². The first kappa shape index (κ1) is 9.34. The number of halogens is 1. The van der Waals surface area contributed by atoms with Crippen molar-refractivity contribution < 1.29 is 0 Å². The van der Waals surface area contributed by atoms with E-state index in [0.717, 1.165) is 12.5 Å². The molecule has 1 aliphatic rings. The largest absolute Gasteiger partial charge is 0.305 e. The van der Waals surface area contributed by atoms with Crippen molar-refractivity contribution in [3.63, 3.8) is 0 Å². The first-order valence-electron chi connectivity index (χ1n) is 4.51. The third kappa shape index (κ3) is 4.65. The van der Waals surface area contributed by atoms with Crippen LogP contribution in [0.15, 0.2) is 0 Å². The van der Waals surface area contributed by atoms with E-state index < -0.39 is 0 Å². The highest BCUT2D eigenvalue weighted by atomic mass is 35.5. The van der Waals surface area contributed by atoms with Crippen LogP contribution in [0.4, 0.5) is 0 Å². The number of alkyl halides is 1. The molecule has 0 bridgehead atoms. The van der Waals surface area contributed by atoms with Crippen molar-refractivity contribution >= 4 is 11.6 Å². The van der Waals surface area contributed by atoms with Crippen LogP contribution in [0.5, 0.6) is 0 Å². The van der Waals surface area contributed by atoms with Crippen LogP contribution in [0, 0.1) is 5.92 Å². The average molecular weight is 176 g/mol. The molecule has 0 heterocycles. The van der Waals surface area contributed by atoms with Crippen molar-refractivity contribution in [2.75, 3.05) is 20.1 Å². The van der Waals surface area contributed by atoms with Crippen LogP contribution in [0.25, 0.3) is 0 Å². The van der Waals surface area contributed by atoms with Crippen LogP contribution in [0.2, 0.25) is 0 Å². The normalized spacial score (nSPS) is 20.7. The number of hydrogen-bond donors (Lipinski definition) is 0. The summed E-state index contributed by atoms with van der Waals surface area (Å²) in [5.74, 6) is 1.04. The molecule has 0 aromatic carbocycles. The van der Waals surface area contributed by atoms with Gasteiger partial charge in [0.25, 0.3) is 0 Å². The molecule has 0 aromatic heterocycles. The second-order valence-corrected chi connectivity index (χ2v) is 4.52. The molecular weight excluding hydrogens is 158 g/mol. The van der Waals surface area contributed by atoms with E-state index in [-0.39, 0.29) is 0 Å². The lowest BCUT2D eigenvalue weighted by atomic mass is 10.3. The van der Waals surface area contributed by atoms with Crippen molar-refractivity contribution in [2.45, 2.75) is 31.6 Å². The summed E-state index contributed by atoms with van der Waals surface area (Å²) >= 11 is 5.86. The Bertz CT molecular complexity index is 110. The van der Waals surface area contributed by atoms with Crippen LogP contribution in [0.3, 0.4) is 0 Å². The molecule has 1 unspecified atom stereocenters. The summed E-state index contributed by atoms with van der Waals surface area (Å²) in [6.07, 6.45) is 4.30. The first-order chi connectivity index (χ1) is 5.18. The highest BCUT2D eigenvalue weighted by molar-refractivity contribution is 6.20. The van der Waals surface area contributed by atoms with Crippen molar-refractivity contribution in [1.29, 1.82) is 0 Å². The van der Waals surface area contributed by atoms with E-state index in [1.165, 1.54) is 25.8 Å². The van der Waals surface area contributed by atoms with Gasteiger partial charge in [0.15, 0.2) is 0 Å². The van der Waals surface area contributed by atoms with Gasteiger partial charge in [-0.05, 0) is 32.9 Å². The minimum absolute atomic E-state index is 0.291. The Balaban J connectivity index is 1.95. The van der Waals surface area contributed by atoms with Crippen molar-refractivity contribution in [3.05, 3.63) is 0 Å². The lowest BCUT2D eigenvalue weighted by molar-refractivity contribution is 0.325. The van der Waals surface area contributed by atoms with Crippen molar-refractivity contribution in [3.8, 4) is 0 Å². The van der Waals surface area contributed by atoms with E-state index in [0.29, 0.717) is 5.38 Å². The van der Waals surface area contributed by atoms with E-state index >= 15 is 0 Å². The molecule has 0 saturated heterocycles. The SMILES string of the molecule is CC(Cl)CN(C)CCC1CC1. The summed E-state index contributed by atoms with van der Waals surface area (Å²) in [6.45, 7) is 4.30. The van der Waals surface area contributed by atoms with Crippen LogP contribution in [0.1, 0.15) is 26.2 Å². The van der Waals surface area contributed by atoms with Crippen LogP contribution < -0.4 is 0 Å². The Hall–Kier alpha value is 0.250. The predicted octanol–water partition coefficient (Wildman–Crippen LogP) is 2.35. The van der Waals surface area contributed by atoms with Gasteiger partial charge in [0, 0.05) is 11.9 Å². The molecule has 0 aliphatic heterocycles. The zero-order valence-electron chi connectivity index (χ0n) is 7.52. The third-order valence-corrected chi connectivity index (χ3v) is 2.32. The van der Waals surface area contributed by atoms with Gasteiger partial charge < -0.3 is 4.90 Å². The average Bonchev–Trinajstić information content (AvgIpc) is 2.63. The highest BCUT2D eigenvalue weighted by Crippen LogP contribution is 2.32. The Morgan fingerprint density at radius 1 is 1.55 bits per heavy atom. The van der Waals surface area contributed by atoms with E-state index in [1.807, 2.05) is 0 Å². The summed E-state index contributed by atoms with van der Waals surface area (Å²) in [5, 5.41) is 0.291. The molecule has 0 N–H and O–H groups in total. The van der Waals surface area contributed by atoms with Gasteiger partial charge >= 0.3 is 0 Å². The summed E-state index contributed by atoms with van der Waals surface area (Å²) in [6, 6.07) is 0. The van der Waals surface area contributed by atoms with Gasteiger partial charge in [0.1, 0.15) is 0 Å². The van der Waals surface area contributed by atoms with E-state index in [4.69, 9.17) is 11.6 Å². The molecule has 66 valence electrons. The fraction of sp³-hybridized carbons (Fsp3) is 1.00. The zero-order valence-corrected chi connectivity index (χ0v) is 8.27. The lowest BCUT2D eigenvalue weighted by Gasteiger charge is -2.17. The van der Waals surface area contributed by atoms with E-state index in [2.05, 4.69) is 18.9 Å². The van der Waals surface area contributed by atoms with Gasteiger partial charge in [-0.2, -0.15) is 0 Å². The molecule has 0 radical (unpaired) electrons. The highest BCUT2D eigenvalue weighted by Gasteiger charge is 2.21. The fourth-order valence-electron chi connectivity index (χ4n) is 1.33. The van der Waals surface area contributed by atoms with Gasteiger partial charge in [0.05, 0.1) is 0 Å². The molecule has 1 aliphatic carbocycles. The molecule has 2 heteroatoms. The Kier molecular flexibility index (Phi) is 3.67. The Labute approximate surface area is 74.7 Å². The smallest absolute Gasteiger partial charge is 0.0434 e. The predicted molar refractivity (Wildman–Crippen MR) is 50.2 cm³/mol. The quantitative estimate of drug-likeness (QED) is 0.580. The second kappa shape index (κ2) is 4.32. The number of rotatable bonds is 5. The fourth-order valence-corrected chi connectivity index (χ4v) is 1.57. The molecule has 0 aromatic rings. The zero-order chi connectivity index (χ0) is 8.27. The number of hydrogen-bond acceptors (Lipinski definition) is 1. The lowest BCUT2D eigenvalue weighted by Crippen LogP contribution is -2.25. The molecule has 1 nitrogen and oxygen atoms in total. The van der Waals surface area contributed by atoms with Gasteiger partial charge in [-0.1, -0.05) is 12.8 Å². The summed E-state index contributed by atoms with van der Waals surface area (Å²) < 4.78 is 0. The van der Waals surface area contributed by atoms with Crippen molar-refractivity contribution in [1.82, 2.24) is 4.90 Å². The molecule has 11 heavy (non-hydrogen) atoms. The Morgan fingerprint density at radius 2 is 2.18 bits per heavy atom.